The van der Waals surface area contributed by atoms with Crippen LogP contribution in [-0.4, -0.2) is 23.2 Å². The smallest absolute Gasteiger partial charge is 0.285 e. The summed E-state index contributed by atoms with van der Waals surface area (Å²) < 4.78 is 48.3. The van der Waals surface area contributed by atoms with Gasteiger partial charge in [0.15, 0.2) is 0 Å². The Labute approximate surface area is 96.4 Å². The summed E-state index contributed by atoms with van der Waals surface area (Å²) in [6.45, 7) is 0. The van der Waals surface area contributed by atoms with E-state index in [9.17, 15) is 16.8 Å². The van der Waals surface area contributed by atoms with E-state index >= 15 is 0 Å². The molecule has 0 radical (unpaired) electrons. The van der Waals surface area contributed by atoms with E-state index in [4.69, 9.17) is 10.7 Å². The van der Waals surface area contributed by atoms with Crippen molar-refractivity contribution in [2.24, 2.45) is 4.40 Å². The summed E-state index contributed by atoms with van der Waals surface area (Å²) in [6.07, 6.45) is 1.02. The van der Waals surface area contributed by atoms with Crippen molar-refractivity contribution < 1.29 is 16.8 Å². The molecule has 6 nitrogen and oxygen atoms in total. The Morgan fingerprint density at radius 3 is 2.62 bits per heavy atom. The van der Waals surface area contributed by atoms with E-state index in [1.807, 2.05) is 0 Å². The van der Waals surface area contributed by atoms with Crippen LogP contribution in [0.5, 0.6) is 0 Å². The first kappa shape index (κ1) is 11.4. The van der Waals surface area contributed by atoms with Gasteiger partial charge in [-0.25, -0.2) is 8.42 Å². The third-order valence-corrected chi connectivity index (χ3v) is 4.55. The summed E-state index contributed by atoms with van der Waals surface area (Å²) in [5, 5.41) is 2.59. The first-order chi connectivity index (χ1) is 7.31. The molecular weight excluding hydrogens is 276 g/mol. The lowest BCUT2D eigenvalue weighted by atomic mass is 10.3. The van der Waals surface area contributed by atoms with Crippen LogP contribution in [0.25, 0.3) is 0 Å². The van der Waals surface area contributed by atoms with Crippen LogP contribution >= 0.6 is 10.7 Å². The van der Waals surface area contributed by atoms with Crippen LogP contribution in [0.2, 0.25) is 0 Å². The van der Waals surface area contributed by atoms with Gasteiger partial charge < -0.3 is 5.32 Å². The van der Waals surface area contributed by atoms with E-state index in [0.29, 0.717) is 0 Å². The Balaban J connectivity index is 2.74. The summed E-state index contributed by atoms with van der Waals surface area (Å²) >= 11 is 0. The summed E-state index contributed by atoms with van der Waals surface area (Å²) in [7, 11) is -2.69. The molecule has 1 aliphatic rings. The lowest BCUT2D eigenvalue weighted by molar-refractivity contribution is 0.597. The standard InChI is InChI=1S/C7H5ClN2O4S2/c8-15(11,12)5-1-2-6-7(3-5)16(13,14)10-4-9-6/h1-4H,(H,9,10). The largest absolute Gasteiger partial charge is 0.345 e. The van der Waals surface area contributed by atoms with E-state index in [2.05, 4.69) is 9.71 Å². The minimum absolute atomic E-state index is 0.211. The van der Waals surface area contributed by atoms with Gasteiger partial charge in [0.05, 0.1) is 10.6 Å². The number of halogens is 1. The van der Waals surface area contributed by atoms with Crippen molar-refractivity contribution in [1.29, 1.82) is 0 Å². The van der Waals surface area contributed by atoms with Crippen molar-refractivity contribution in [2.75, 3.05) is 5.32 Å². The van der Waals surface area contributed by atoms with Crippen LogP contribution in [0.4, 0.5) is 5.69 Å². The van der Waals surface area contributed by atoms with Gasteiger partial charge in [0.1, 0.15) is 11.2 Å². The second-order valence-corrected chi connectivity index (χ2v) is 7.12. The van der Waals surface area contributed by atoms with E-state index in [0.717, 1.165) is 12.4 Å². The van der Waals surface area contributed by atoms with Crippen molar-refractivity contribution in [1.82, 2.24) is 0 Å². The minimum atomic E-state index is -3.96. The Hall–Kier alpha value is -1.12. The minimum Gasteiger partial charge on any atom is -0.345 e. The zero-order valence-corrected chi connectivity index (χ0v) is 9.97. The second-order valence-electron chi connectivity index (χ2n) is 2.95. The van der Waals surface area contributed by atoms with Crippen molar-refractivity contribution in [3.63, 3.8) is 0 Å². The molecule has 0 atom stereocenters. The fraction of sp³-hybridized carbons (Fsp3) is 0. The number of nitrogens with one attached hydrogen (secondary N) is 1. The van der Waals surface area contributed by atoms with Gasteiger partial charge in [-0.05, 0) is 18.2 Å². The van der Waals surface area contributed by atoms with Gasteiger partial charge in [-0.3, -0.25) is 0 Å². The molecule has 0 amide bonds. The molecule has 0 fully saturated rings. The van der Waals surface area contributed by atoms with Gasteiger partial charge >= 0.3 is 0 Å². The molecule has 9 heteroatoms. The topological polar surface area (TPSA) is 92.7 Å². The maximum Gasteiger partial charge on any atom is 0.285 e. The summed E-state index contributed by atoms with van der Waals surface area (Å²) in [5.74, 6) is 0. The maximum atomic E-state index is 11.5. The Morgan fingerprint density at radius 2 is 2.00 bits per heavy atom. The highest BCUT2D eigenvalue weighted by Gasteiger charge is 2.23. The summed E-state index contributed by atoms with van der Waals surface area (Å²) in [6, 6.07) is 3.49. The zero-order valence-electron chi connectivity index (χ0n) is 7.58. The van der Waals surface area contributed by atoms with Gasteiger partial charge in [-0.2, -0.15) is 8.42 Å². The second kappa shape index (κ2) is 3.44. The van der Waals surface area contributed by atoms with Crippen LogP contribution in [0.3, 0.4) is 0 Å². The summed E-state index contributed by atoms with van der Waals surface area (Å²) in [5.41, 5.74) is 0.263. The number of anilines is 1. The van der Waals surface area contributed by atoms with E-state index < -0.39 is 19.1 Å². The number of sulfonamides is 1. The number of benzene rings is 1. The molecule has 0 spiro atoms. The fourth-order valence-electron chi connectivity index (χ4n) is 1.21. The molecule has 0 aliphatic carbocycles. The van der Waals surface area contributed by atoms with Crippen molar-refractivity contribution >= 4 is 41.8 Å². The molecule has 1 aromatic carbocycles. The first-order valence-electron chi connectivity index (χ1n) is 3.95. The van der Waals surface area contributed by atoms with Crippen LogP contribution < -0.4 is 5.32 Å². The van der Waals surface area contributed by atoms with Gasteiger partial charge in [0, 0.05) is 10.7 Å². The molecule has 1 aliphatic heterocycles. The molecule has 86 valence electrons. The quantitative estimate of drug-likeness (QED) is 0.767. The first-order valence-corrected chi connectivity index (χ1v) is 7.70. The van der Waals surface area contributed by atoms with Crippen molar-refractivity contribution in [2.45, 2.75) is 9.79 Å². The summed E-state index contributed by atoms with van der Waals surface area (Å²) in [4.78, 5) is -0.493. The Kier molecular flexibility index (Phi) is 2.44. The molecule has 1 N–H and O–H groups in total. The highest BCUT2D eigenvalue weighted by Crippen LogP contribution is 2.29. The number of rotatable bonds is 1. The average molecular weight is 281 g/mol. The van der Waals surface area contributed by atoms with Gasteiger partial charge in [-0.15, -0.1) is 4.40 Å². The van der Waals surface area contributed by atoms with Crippen LogP contribution in [0.15, 0.2) is 32.4 Å². The maximum absolute atomic E-state index is 11.5. The fourth-order valence-corrected chi connectivity index (χ4v) is 3.05. The normalized spacial score (nSPS) is 17.6. The van der Waals surface area contributed by atoms with Gasteiger partial charge in [-0.1, -0.05) is 0 Å². The van der Waals surface area contributed by atoms with E-state index in [-0.39, 0.29) is 15.5 Å². The van der Waals surface area contributed by atoms with Crippen molar-refractivity contribution in [3.8, 4) is 0 Å². The zero-order chi connectivity index (χ0) is 12.0. The molecule has 16 heavy (non-hydrogen) atoms. The molecule has 1 aromatic rings. The molecule has 0 saturated heterocycles. The van der Waals surface area contributed by atoms with Gasteiger partial charge in [0.2, 0.25) is 0 Å². The highest BCUT2D eigenvalue weighted by molar-refractivity contribution is 8.13. The number of hydrogen-bond donors (Lipinski definition) is 1. The van der Waals surface area contributed by atoms with Crippen LogP contribution in [-0.2, 0) is 19.1 Å². The molecule has 0 bridgehead atoms. The molecule has 0 saturated carbocycles. The SMILES string of the molecule is O=S(=O)(Cl)c1ccc2c(c1)S(=O)(=O)N=CN2. The predicted octanol–water partition coefficient (Wildman–Crippen LogP) is 0.757. The molecule has 0 aromatic heterocycles. The molecule has 1 heterocycles. The lowest BCUT2D eigenvalue weighted by Crippen LogP contribution is -2.12. The van der Waals surface area contributed by atoms with Gasteiger partial charge in [0.25, 0.3) is 19.1 Å². The number of fused-ring (bicyclic) bond motifs is 1. The predicted molar refractivity (Wildman–Crippen MR) is 58.8 cm³/mol. The Bertz CT molecular complexity index is 678. The highest BCUT2D eigenvalue weighted by atomic mass is 35.7. The molecule has 0 unspecified atom stereocenters. The third-order valence-electron chi connectivity index (χ3n) is 1.92. The monoisotopic (exact) mass is 280 g/mol. The van der Waals surface area contributed by atoms with E-state index in [1.165, 1.54) is 12.1 Å². The third kappa shape index (κ3) is 1.91. The molecular formula is C7H5ClN2O4S2. The van der Waals surface area contributed by atoms with Crippen LogP contribution in [0, 0.1) is 0 Å². The van der Waals surface area contributed by atoms with E-state index in [1.54, 1.807) is 0 Å². The number of nitrogens with zero attached hydrogens (tertiary/aromatic N) is 1. The number of hydrogen-bond acceptors (Lipinski definition) is 5. The van der Waals surface area contributed by atoms with Crippen molar-refractivity contribution in [3.05, 3.63) is 18.2 Å². The lowest BCUT2D eigenvalue weighted by Gasteiger charge is -2.12. The average Bonchev–Trinajstić information content (AvgIpc) is 2.15. The van der Waals surface area contributed by atoms with Crippen LogP contribution in [0.1, 0.15) is 0 Å². The Morgan fingerprint density at radius 1 is 1.31 bits per heavy atom. The molecule has 2 rings (SSSR count).